The standard InChI is InChI=1S/C19H17FN2O5/c1-12(13-5-4-6-15(9-13)22(25)26)27-19(24)14-10-18(23)21(11-14)17-8-3-2-7-16(17)20/h2-9,12,14H,10-11H2,1H3/t12-,14-/m0/s1. The predicted octanol–water partition coefficient (Wildman–Crippen LogP) is 3.39. The van der Waals surface area contributed by atoms with E-state index < -0.39 is 28.7 Å². The zero-order chi connectivity index (χ0) is 19.6. The lowest BCUT2D eigenvalue weighted by molar-refractivity contribution is -0.385. The first-order valence-corrected chi connectivity index (χ1v) is 8.36. The fourth-order valence-corrected chi connectivity index (χ4v) is 3.00. The van der Waals surface area contributed by atoms with Gasteiger partial charge in [-0.3, -0.25) is 19.7 Å². The fraction of sp³-hybridized carbons (Fsp3) is 0.263. The highest BCUT2D eigenvalue weighted by Crippen LogP contribution is 2.29. The molecule has 0 aromatic heterocycles. The number of non-ortho nitro benzene ring substituents is 1. The second kappa shape index (κ2) is 7.53. The first kappa shape index (κ1) is 18.5. The number of hydrogen-bond acceptors (Lipinski definition) is 5. The molecule has 0 unspecified atom stereocenters. The molecule has 0 saturated carbocycles. The van der Waals surface area contributed by atoms with Gasteiger partial charge in [-0.25, -0.2) is 4.39 Å². The van der Waals surface area contributed by atoms with Crippen molar-refractivity contribution >= 4 is 23.3 Å². The molecular weight excluding hydrogens is 355 g/mol. The lowest BCUT2D eigenvalue weighted by Crippen LogP contribution is -2.27. The van der Waals surface area contributed by atoms with Gasteiger partial charge in [0.2, 0.25) is 5.91 Å². The number of benzene rings is 2. The van der Waals surface area contributed by atoms with Crippen molar-refractivity contribution in [1.82, 2.24) is 0 Å². The smallest absolute Gasteiger partial charge is 0.311 e. The zero-order valence-electron chi connectivity index (χ0n) is 14.5. The van der Waals surface area contributed by atoms with Gasteiger partial charge in [0, 0.05) is 25.1 Å². The lowest BCUT2D eigenvalue weighted by Gasteiger charge is -2.18. The number of hydrogen-bond donors (Lipinski definition) is 0. The molecule has 0 bridgehead atoms. The van der Waals surface area contributed by atoms with Gasteiger partial charge >= 0.3 is 5.97 Å². The molecule has 1 amide bonds. The third-order valence-electron chi connectivity index (χ3n) is 4.44. The summed E-state index contributed by atoms with van der Waals surface area (Å²) in [6, 6.07) is 11.7. The van der Waals surface area contributed by atoms with E-state index in [1.54, 1.807) is 19.1 Å². The van der Waals surface area contributed by atoms with E-state index in [1.165, 1.54) is 41.3 Å². The lowest BCUT2D eigenvalue weighted by atomic mass is 10.1. The predicted molar refractivity (Wildman–Crippen MR) is 94.5 cm³/mol. The van der Waals surface area contributed by atoms with Gasteiger partial charge in [0.15, 0.2) is 0 Å². The maximum absolute atomic E-state index is 13.9. The van der Waals surface area contributed by atoms with E-state index in [4.69, 9.17) is 4.74 Å². The second-order valence-corrected chi connectivity index (χ2v) is 6.29. The maximum atomic E-state index is 13.9. The van der Waals surface area contributed by atoms with E-state index in [1.807, 2.05) is 0 Å². The van der Waals surface area contributed by atoms with Crippen molar-refractivity contribution in [3.8, 4) is 0 Å². The van der Waals surface area contributed by atoms with Crippen LogP contribution in [0.4, 0.5) is 15.8 Å². The monoisotopic (exact) mass is 372 g/mol. The zero-order valence-corrected chi connectivity index (χ0v) is 14.5. The highest BCUT2D eigenvalue weighted by Gasteiger charge is 2.37. The first-order chi connectivity index (χ1) is 12.9. The Morgan fingerprint density at radius 2 is 2.04 bits per heavy atom. The van der Waals surface area contributed by atoms with Crippen molar-refractivity contribution in [2.75, 3.05) is 11.4 Å². The van der Waals surface area contributed by atoms with Crippen molar-refractivity contribution in [1.29, 1.82) is 0 Å². The number of para-hydroxylation sites is 1. The number of carbonyl (C=O) groups excluding carboxylic acids is 2. The molecule has 2 aromatic carbocycles. The third-order valence-corrected chi connectivity index (χ3v) is 4.44. The van der Waals surface area contributed by atoms with Crippen LogP contribution < -0.4 is 4.90 Å². The Morgan fingerprint density at radius 1 is 1.30 bits per heavy atom. The minimum absolute atomic E-state index is 0.0280. The number of ether oxygens (including phenoxy) is 1. The van der Waals surface area contributed by atoms with E-state index in [-0.39, 0.29) is 30.2 Å². The highest BCUT2D eigenvalue weighted by molar-refractivity contribution is 5.99. The van der Waals surface area contributed by atoms with Crippen LogP contribution in [-0.2, 0) is 14.3 Å². The molecule has 0 aliphatic carbocycles. The Kier molecular flexibility index (Phi) is 5.16. The number of rotatable bonds is 5. The van der Waals surface area contributed by atoms with Crippen LogP contribution in [0.25, 0.3) is 0 Å². The minimum Gasteiger partial charge on any atom is -0.458 e. The molecule has 1 saturated heterocycles. The van der Waals surface area contributed by atoms with Crippen LogP contribution in [0, 0.1) is 21.8 Å². The molecule has 1 heterocycles. The summed E-state index contributed by atoms with van der Waals surface area (Å²) in [5.74, 6) is -2.21. The average Bonchev–Trinajstić information content (AvgIpc) is 3.04. The SMILES string of the molecule is C[C@H](OC(=O)[C@H]1CC(=O)N(c2ccccc2F)C1)c1cccc([N+](=O)[O-])c1. The number of carbonyl (C=O) groups is 2. The summed E-state index contributed by atoms with van der Waals surface area (Å²) in [7, 11) is 0. The van der Waals surface area contributed by atoms with Crippen molar-refractivity contribution in [3.05, 3.63) is 70.0 Å². The van der Waals surface area contributed by atoms with Gasteiger partial charge in [-0.1, -0.05) is 24.3 Å². The molecular formula is C19H17FN2O5. The van der Waals surface area contributed by atoms with Gasteiger partial charge in [-0.05, 0) is 24.6 Å². The van der Waals surface area contributed by atoms with E-state index >= 15 is 0 Å². The largest absolute Gasteiger partial charge is 0.458 e. The van der Waals surface area contributed by atoms with Crippen molar-refractivity contribution < 1.29 is 23.6 Å². The topological polar surface area (TPSA) is 89.8 Å². The van der Waals surface area contributed by atoms with Crippen LogP contribution in [0.5, 0.6) is 0 Å². The molecule has 27 heavy (non-hydrogen) atoms. The second-order valence-electron chi connectivity index (χ2n) is 6.29. The molecule has 3 rings (SSSR count). The summed E-state index contributed by atoms with van der Waals surface area (Å²) >= 11 is 0. The summed E-state index contributed by atoms with van der Waals surface area (Å²) in [6.45, 7) is 1.63. The molecule has 2 atom stereocenters. The molecule has 1 aliphatic heterocycles. The van der Waals surface area contributed by atoms with Crippen LogP contribution in [-0.4, -0.2) is 23.3 Å². The van der Waals surface area contributed by atoms with Crippen LogP contribution in [0.15, 0.2) is 48.5 Å². The van der Waals surface area contributed by atoms with Crippen molar-refractivity contribution in [3.63, 3.8) is 0 Å². The molecule has 7 nitrogen and oxygen atoms in total. The maximum Gasteiger partial charge on any atom is 0.311 e. The molecule has 1 aliphatic rings. The van der Waals surface area contributed by atoms with Gasteiger partial charge in [0.1, 0.15) is 11.9 Å². The number of esters is 1. The number of nitro groups is 1. The van der Waals surface area contributed by atoms with Gasteiger partial charge in [-0.2, -0.15) is 0 Å². The Labute approximate surface area is 154 Å². The van der Waals surface area contributed by atoms with Gasteiger partial charge in [-0.15, -0.1) is 0 Å². The van der Waals surface area contributed by atoms with E-state index in [0.29, 0.717) is 5.56 Å². The number of nitrogens with zero attached hydrogens (tertiary/aromatic N) is 2. The summed E-state index contributed by atoms with van der Waals surface area (Å²) in [6.07, 6.45) is -0.788. The Hall–Kier alpha value is -3.29. The van der Waals surface area contributed by atoms with Gasteiger partial charge < -0.3 is 9.64 Å². The number of amides is 1. The van der Waals surface area contributed by atoms with Crippen molar-refractivity contribution in [2.45, 2.75) is 19.4 Å². The van der Waals surface area contributed by atoms with Crippen LogP contribution in [0.2, 0.25) is 0 Å². The van der Waals surface area contributed by atoms with E-state index in [9.17, 15) is 24.1 Å². The summed E-state index contributed by atoms with van der Waals surface area (Å²) in [5.41, 5.74) is 0.509. The molecule has 0 radical (unpaired) electrons. The van der Waals surface area contributed by atoms with E-state index in [0.717, 1.165) is 0 Å². The highest BCUT2D eigenvalue weighted by atomic mass is 19.1. The molecule has 2 aromatic rings. The number of nitro benzene ring substituents is 1. The van der Waals surface area contributed by atoms with Crippen LogP contribution >= 0.6 is 0 Å². The average molecular weight is 372 g/mol. The number of halogens is 1. The number of anilines is 1. The molecule has 1 fully saturated rings. The van der Waals surface area contributed by atoms with E-state index in [2.05, 4.69) is 0 Å². The van der Waals surface area contributed by atoms with Crippen molar-refractivity contribution in [2.24, 2.45) is 5.92 Å². The molecule has 140 valence electrons. The van der Waals surface area contributed by atoms with Gasteiger partial charge in [0.05, 0.1) is 16.5 Å². The van der Waals surface area contributed by atoms with Crippen LogP contribution in [0.1, 0.15) is 25.0 Å². The molecule has 8 heteroatoms. The summed E-state index contributed by atoms with van der Waals surface area (Å²) in [5, 5.41) is 10.9. The normalized spacial score (nSPS) is 17.6. The Balaban J connectivity index is 1.68. The Bertz CT molecular complexity index is 901. The minimum atomic E-state index is -0.724. The van der Waals surface area contributed by atoms with Crippen LogP contribution in [0.3, 0.4) is 0 Å². The fourth-order valence-electron chi connectivity index (χ4n) is 3.00. The quantitative estimate of drug-likeness (QED) is 0.456. The Morgan fingerprint density at radius 3 is 2.74 bits per heavy atom. The summed E-state index contributed by atoms with van der Waals surface area (Å²) < 4.78 is 19.3. The molecule has 0 N–H and O–H groups in total. The van der Waals surface area contributed by atoms with Gasteiger partial charge in [0.25, 0.3) is 5.69 Å². The summed E-state index contributed by atoms with van der Waals surface area (Å²) in [4.78, 5) is 36.2. The third kappa shape index (κ3) is 3.94. The molecule has 0 spiro atoms. The first-order valence-electron chi connectivity index (χ1n) is 8.36.